The van der Waals surface area contributed by atoms with Crippen LogP contribution >= 0.6 is 0 Å². The number of rotatable bonds is 3. The molecule has 0 radical (unpaired) electrons. The van der Waals surface area contributed by atoms with E-state index in [0.29, 0.717) is 0 Å². The maximum absolute atomic E-state index is 3.31. The summed E-state index contributed by atoms with van der Waals surface area (Å²) in [6, 6.07) is 12.1. The van der Waals surface area contributed by atoms with E-state index in [1.165, 1.54) is 18.5 Å². The van der Waals surface area contributed by atoms with E-state index in [0.717, 1.165) is 12.1 Å². The summed E-state index contributed by atoms with van der Waals surface area (Å²) < 4.78 is 0. The average molecular weight is 190 g/mol. The lowest BCUT2D eigenvalue weighted by molar-refractivity contribution is 0.299. The van der Waals surface area contributed by atoms with Crippen molar-refractivity contribution in [1.82, 2.24) is 5.32 Å². The fourth-order valence-electron chi connectivity index (χ4n) is 2.01. The van der Waals surface area contributed by atoms with E-state index in [1.54, 1.807) is 0 Å². The molecule has 0 aromatic heterocycles. The quantitative estimate of drug-likeness (QED) is 0.783. The number of benzene rings is 1. The fraction of sp³-hybridized carbons (Fsp3) is 0.500. The first-order chi connectivity index (χ1) is 6.81. The minimum Gasteiger partial charge on any atom is -0.371 e. The van der Waals surface area contributed by atoms with Gasteiger partial charge in [0, 0.05) is 24.8 Å². The van der Waals surface area contributed by atoms with Crippen molar-refractivity contribution in [3.8, 4) is 0 Å². The molecule has 0 aliphatic heterocycles. The summed E-state index contributed by atoms with van der Waals surface area (Å²) in [4.78, 5) is 2.38. The van der Waals surface area contributed by atoms with E-state index in [1.807, 2.05) is 7.05 Å². The number of anilines is 1. The number of hydrogen-bond donors (Lipinski definition) is 1. The Kier molecular flexibility index (Phi) is 2.73. The summed E-state index contributed by atoms with van der Waals surface area (Å²) in [5.41, 5.74) is 1.33. The third-order valence-electron chi connectivity index (χ3n) is 3.23. The maximum atomic E-state index is 3.31. The molecule has 2 heteroatoms. The maximum Gasteiger partial charge on any atom is 0.0366 e. The molecule has 2 rings (SSSR count). The zero-order valence-electron chi connectivity index (χ0n) is 8.90. The molecule has 1 fully saturated rings. The van der Waals surface area contributed by atoms with Gasteiger partial charge >= 0.3 is 0 Å². The largest absolute Gasteiger partial charge is 0.371 e. The second-order valence-electron chi connectivity index (χ2n) is 4.06. The molecule has 1 aliphatic rings. The molecule has 1 saturated carbocycles. The smallest absolute Gasteiger partial charge is 0.0366 e. The molecule has 0 spiro atoms. The summed E-state index contributed by atoms with van der Waals surface area (Å²) in [6.07, 6.45) is 2.53. The van der Waals surface area contributed by atoms with Crippen molar-refractivity contribution in [3.63, 3.8) is 0 Å². The van der Waals surface area contributed by atoms with Crippen molar-refractivity contribution in [3.05, 3.63) is 30.3 Å². The van der Waals surface area contributed by atoms with Gasteiger partial charge in [-0.05, 0) is 32.0 Å². The monoisotopic (exact) mass is 190 g/mol. The van der Waals surface area contributed by atoms with Crippen LogP contribution in [0.5, 0.6) is 0 Å². The van der Waals surface area contributed by atoms with E-state index < -0.39 is 0 Å². The van der Waals surface area contributed by atoms with E-state index in [9.17, 15) is 0 Å². The Balaban J connectivity index is 1.94. The average Bonchev–Trinajstić information content (AvgIpc) is 2.17. The molecule has 0 atom stereocenters. The highest BCUT2D eigenvalue weighted by atomic mass is 15.2. The van der Waals surface area contributed by atoms with Crippen LogP contribution in [0.2, 0.25) is 0 Å². The second-order valence-corrected chi connectivity index (χ2v) is 4.06. The zero-order chi connectivity index (χ0) is 9.97. The molecular weight excluding hydrogens is 172 g/mol. The molecule has 0 heterocycles. The molecule has 0 saturated heterocycles. The van der Waals surface area contributed by atoms with Crippen LogP contribution in [-0.4, -0.2) is 26.2 Å². The Hall–Kier alpha value is -1.02. The summed E-state index contributed by atoms with van der Waals surface area (Å²) in [5, 5.41) is 3.31. The predicted octanol–water partition coefficient (Wildman–Crippen LogP) is 1.87. The summed E-state index contributed by atoms with van der Waals surface area (Å²) in [6.45, 7) is 0. The lowest BCUT2D eigenvalue weighted by Crippen LogP contribution is -2.50. The minimum absolute atomic E-state index is 0.717. The van der Waals surface area contributed by atoms with Crippen molar-refractivity contribution in [1.29, 1.82) is 0 Å². The number of nitrogens with one attached hydrogen (secondary N) is 1. The Bertz CT molecular complexity index is 278. The third-order valence-corrected chi connectivity index (χ3v) is 3.23. The molecule has 14 heavy (non-hydrogen) atoms. The second kappa shape index (κ2) is 4.01. The first-order valence-corrected chi connectivity index (χ1v) is 5.26. The van der Waals surface area contributed by atoms with Gasteiger partial charge in [-0.3, -0.25) is 0 Å². The highest BCUT2D eigenvalue weighted by molar-refractivity contribution is 5.46. The van der Waals surface area contributed by atoms with Crippen LogP contribution in [0.15, 0.2) is 30.3 Å². The standard InChI is InChI=1S/C12H18N2/c1-13-10-8-12(9-10)14(2)11-6-4-3-5-7-11/h3-7,10,12-13H,8-9H2,1-2H3. The third kappa shape index (κ3) is 1.75. The van der Waals surface area contributed by atoms with Gasteiger partial charge in [0.25, 0.3) is 0 Å². The van der Waals surface area contributed by atoms with Gasteiger partial charge in [0.2, 0.25) is 0 Å². The van der Waals surface area contributed by atoms with Gasteiger partial charge in [0.1, 0.15) is 0 Å². The fourth-order valence-corrected chi connectivity index (χ4v) is 2.01. The van der Waals surface area contributed by atoms with E-state index >= 15 is 0 Å². The highest BCUT2D eigenvalue weighted by Gasteiger charge is 2.30. The van der Waals surface area contributed by atoms with Crippen LogP contribution < -0.4 is 10.2 Å². The van der Waals surface area contributed by atoms with Crippen LogP contribution in [0.4, 0.5) is 5.69 Å². The first kappa shape index (κ1) is 9.53. The Labute approximate surface area is 85.9 Å². The Morgan fingerprint density at radius 1 is 1.21 bits per heavy atom. The molecule has 1 N–H and O–H groups in total. The van der Waals surface area contributed by atoms with Crippen molar-refractivity contribution >= 4 is 5.69 Å². The number of nitrogens with zero attached hydrogens (tertiary/aromatic N) is 1. The Morgan fingerprint density at radius 2 is 1.86 bits per heavy atom. The van der Waals surface area contributed by atoms with Gasteiger partial charge in [0.05, 0.1) is 0 Å². The van der Waals surface area contributed by atoms with Crippen LogP contribution in [-0.2, 0) is 0 Å². The number of hydrogen-bond acceptors (Lipinski definition) is 2. The van der Waals surface area contributed by atoms with Crippen LogP contribution in [0, 0.1) is 0 Å². The summed E-state index contributed by atoms with van der Waals surface area (Å²) in [5.74, 6) is 0. The lowest BCUT2D eigenvalue weighted by Gasteiger charge is -2.42. The summed E-state index contributed by atoms with van der Waals surface area (Å²) in [7, 11) is 4.23. The molecule has 1 aliphatic carbocycles. The molecule has 1 aromatic carbocycles. The van der Waals surface area contributed by atoms with Crippen molar-refractivity contribution < 1.29 is 0 Å². The van der Waals surface area contributed by atoms with Crippen LogP contribution in [0.3, 0.4) is 0 Å². The summed E-state index contributed by atoms with van der Waals surface area (Å²) >= 11 is 0. The van der Waals surface area contributed by atoms with Gasteiger partial charge in [-0.25, -0.2) is 0 Å². The molecular formula is C12H18N2. The molecule has 0 unspecified atom stereocenters. The van der Waals surface area contributed by atoms with Gasteiger partial charge in [-0.15, -0.1) is 0 Å². The molecule has 76 valence electrons. The molecule has 1 aromatic rings. The molecule has 0 bridgehead atoms. The normalized spacial score (nSPS) is 25.6. The van der Waals surface area contributed by atoms with Gasteiger partial charge in [0.15, 0.2) is 0 Å². The first-order valence-electron chi connectivity index (χ1n) is 5.26. The topological polar surface area (TPSA) is 15.3 Å². The Morgan fingerprint density at radius 3 is 2.43 bits per heavy atom. The van der Waals surface area contributed by atoms with Crippen LogP contribution in [0.25, 0.3) is 0 Å². The molecule has 2 nitrogen and oxygen atoms in total. The van der Waals surface area contributed by atoms with Crippen molar-refractivity contribution in [2.75, 3.05) is 19.0 Å². The van der Waals surface area contributed by atoms with Crippen molar-refractivity contribution in [2.45, 2.75) is 24.9 Å². The van der Waals surface area contributed by atoms with Crippen molar-refractivity contribution in [2.24, 2.45) is 0 Å². The van der Waals surface area contributed by atoms with Crippen LogP contribution in [0.1, 0.15) is 12.8 Å². The van der Waals surface area contributed by atoms with Gasteiger partial charge in [-0.2, -0.15) is 0 Å². The highest BCUT2D eigenvalue weighted by Crippen LogP contribution is 2.28. The number of para-hydroxylation sites is 1. The van der Waals surface area contributed by atoms with Gasteiger partial charge in [-0.1, -0.05) is 18.2 Å². The lowest BCUT2D eigenvalue weighted by atomic mass is 9.85. The molecule has 0 amide bonds. The SMILES string of the molecule is CNC1CC(N(C)c2ccccc2)C1. The van der Waals surface area contributed by atoms with Gasteiger partial charge < -0.3 is 10.2 Å². The van der Waals surface area contributed by atoms with E-state index in [4.69, 9.17) is 0 Å². The minimum atomic E-state index is 0.717. The van der Waals surface area contributed by atoms with E-state index in [-0.39, 0.29) is 0 Å². The zero-order valence-corrected chi connectivity index (χ0v) is 8.90. The van der Waals surface area contributed by atoms with E-state index in [2.05, 4.69) is 47.6 Å². The predicted molar refractivity (Wildman–Crippen MR) is 60.7 cm³/mol.